The summed E-state index contributed by atoms with van der Waals surface area (Å²) in [4.78, 5) is 26.4. The van der Waals surface area contributed by atoms with E-state index in [0.29, 0.717) is 11.3 Å². The molecule has 0 fully saturated rings. The Balaban J connectivity index is 1.96. The Bertz CT molecular complexity index is 721. The largest absolute Gasteiger partial charge is 0.480 e. The molecular formula is C18H17NO3. The molecule has 0 saturated carbocycles. The van der Waals surface area contributed by atoms with Gasteiger partial charge in [0, 0.05) is 0 Å². The summed E-state index contributed by atoms with van der Waals surface area (Å²) >= 11 is 0. The van der Waals surface area contributed by atoms with Crippen molar-refractivity contribution in [3.8, 4) is 5.75 Å². The molecule has 4 heteroatoms. The van der Waals surface area contributed by atoms with Crippen molar-refractivity contribution < 1.29 is 14.3 Å². The van der Waals surface area contributed by atoms with Gasteiger partial charge in [-0.05, 0) is 31.5 Å². The van der Waals surface area contributed by atoms with Crippen molar-refractivity contribution in [1.29, 1.82) is 0 Å². The van der Waals surface area contributed by atoms with Crippen LogP contribution in [0.3, 0.4) is 0 Å². The second kappa shape index (κ2) is 5.64. The molecule has 0 bridgehead atoms. The lowest BCUT2D eigenvalue weighted by molar-refractivity contribution is -0.135. The zero-order valence-corrected chi connectivity index (χ0v) is 12.6. The van der Waals surface area contributed by atoms with E-state index in [1.165, 1.54) is 4.90 Å². The van der Waals surface area contributed by atoms with Crippen molar-refractivity contribution in [2.24, 2.45) is 0 Å². The summed E-state index contributed by atoms with van der Waals surface area (Å²) in [6, 6.07) is 14.8. The molecule has 112 valence electrons. The smallest absolute Gasteiger partial charge is 0.270 e. The number of hydrogen-bond acceptors (Lipinski definition) is 3. The fourth-order valence-electron chi connectivity index (χ4n) is 2.48. The van der Waals surface area contributed by atoms with Crippen LogP contribution in [0.2, 0.25) is 0 Å². The summed E-state index contributed by atoms with van der Waals surface area (Å²) in [6.45, 7) is 3.91. The van der Waals surface area contributed by atoms with Crippen molar-refractivity contribution in [2.45, 2.75) is 26.5 Å². The van der Waals surface area contributed by atoms with E-state index in [9.17, 15) is 9.59 Å². The molecule has 0 saturated heterocycles. The molecule has 22 heavy (non-hydrogen) atoms. The van der Waals surface area contributed by atoms with Crippen LogP contribution in [0.1, 0.15) is 28.4 Å². The highest BCUT2D eigenvalue weighted by atomic mass is 16.5. The lowest BCUT2D eigenvalue weighted by Gasteiger charge is -2.20. The third kappa shape index (κ3) is 2.60. The SMILES string of the molecule is Cc1ccc(CN2C(=O)c3ccccc3O[C@@H](C)C2=O)cc1. The number of amides is 2. The maximum Gasteiger partial charge on any atom is 0.270 e. The summed E-state index contributed by atoms with van der Waals surface area (Å²) in [5.41, 5.74) is 2.48. The molecule has 4 nitrogen and oxygen atoms in total. The number of nitrogens with zero attached hydrogens (tertiary/aromatic N) is 1. The van der Waals surface area contributed by atoms with Crippen LogP contribution >= 0.6 is 0 Å². The minimum Gasteiger partial charge on any atom is -0.480 e. The molecule has 1 aliphatic rings. The summed E-state index contributed by atoms with van der Waals surface area (Å²) in [7, 11) is 0. The summed E-state index contributed by atoms with van der Waals surface area (Å²) in [5.74, 6) is -0.174. The Hall–Kier alpha value is -2.62. The second-order valence-corrected chi connectivity index (χ2v) is 5.47. The van der Waals surface area contributed by atoms with Crippen molar-refractivity contribution in [2.75, 3.05) is 0 Å². The van der Waals surface area contributed by atoms with Crippen LogP contribution in [0.15, 0.2) is 48.5 Å². The lowest BCUT2D eigenvalue weighted by atomic mass is 10.1. The molecule has 0 radical (unpaired) electrons. The Morgan fingerprint density at radius 1 is 1.05 bits per heavy atom. The number of benzene rings is 2. The predicted octanol–water partition coefficient (Wildman–Crippen LogP) is 2.94. The standard InChI is InChI=1S/C18H17NO3/c1-12-7-9-14(10-8-12)11-19-17(20)13(2)22-16-6-4-3-5-15(16)18(19)21/h3-10,13H,11H2,1-2H3/t13-/m0/s1. The monoisotopic (exact) mass is 295 g/mol. The van der Waals surface area contributed by atoms with Crippen LogP contribution in [-0.4, -0.2) is 22.8 Å². The van der Waals surface area contributed by atoms with Gasteiger partial charge < -0.3 is 4.74 Å². The Kier molecular flexibility index (Phi) is 3.67. The van der Waals surface area contributed by atoms with Gasteiger partial charge >= 0.3 is 0 Å². The zero-order valence-electron chi connectivity index (χ0n) is 12.6. The fourth-order valence-corrected chi connectivity index (χ4v) is 2.48. The zero-order chi connectivity index (χ0) is 15.7. The van der Waals surface area contributed by atoms with Crippen LogP contribution < -0.4 is 4.74 Å². The molecule has 1 heterocycles. The van der Waals surface area contributed by atoms with Crippen molar-refractivity contribution in [3.05, 3.63) is 65.2 Å². The van der Waals surface area contributed by atoms with Crippen LogP contribution in [0.5, 0.6) is 5.75 Å². The van der Waals surface area contributed by atoms with Gasteiger partial charge in [-0.3, -0.25) is 14.5 Å². The topological polar surface area (TPSA) is 46.6 Å². The molecule has 0 spiro atoms. The number of imide groups is 1. The molecule has 0 unspecified atom stereocenters. The first-order valence-electron chi connectivity index (χ1n) is 7.23. The first-order chi connectivity index (χ1) is 10.6. The van der Waals surface area contributed by atoms with Crippen LogP contribution in [0.25, 0.3) is 0 Å². The van der Waals surface area contributed by atoms with Gasteiger partial charge in [0.1, 0.15) is 5.75 Å². The van der Waals surface area contributed by atoms with Gasteiger partial charge in [0.05, 0.1) is 12.1 Å². The van der Waals surface area contributed by atoms with E-state index in [1.54, 1.807) is 31.2 Å². The minimum absolute atomic E-state index is 0.250. The summed E-state index contributed by atoms with van der Waals surface area (Å²) in [5, 5.41) is 0. The first kappa shape index (κ1) is 14.3. The average molecular weight is 295 g/mol. The number of ether oxygens (including phenoxy) is 1. The predicted molar refractivity (Wildman–Crippen MR) is 82.6 cm³/mol. The third-order valence-electron chi connectivity index (χ3n) is 3.74. The number of aryl methyl sites for hydroxylation is 1. The molecule has 2 aromatic rings. The highest BCUT2D eigenvalue weighted by molar-refractivity contribution is 6.08. The van der Waals surface area contributed by atoms with E-state index < -0.39 is 6.10 Å². The second-order valence-electron chi connectivity index (χ2n) is 5.47. The maximum atomic E-state index is 12.7. The van der Waals surface area contributed by atoms with Crippen molar-refractivity contribution in [3.63, 3.8) is 0 Å². The first-order valence-corrected chi connectivity index (χ1v) is 7.23. The fraction of sp³-hybridized carbons (Fsp3) is 0.222. The van der Waals surface area contributed by atoms with Crippen LogP contribution in [0.4, 0.5) is 0 Å². The highest BCUT2D eigenvalue weighted by Crippen LogP contribution is 2.26. The molecule has 0 N–H and O–H groups in total. The van der Waals surface area contributed by atoms with Gasteiger partial charge in [-0.2, -0.15) is 0 Å². The van der Waals surface area contributed by atoms with Gasteiger partial charge in [0.2, 0.25) is 0 Å². The normalized spacial score (nSPS) is 17.7. The van der Waals surface area contributed by atoms with E-state index in [-0.39, 0.29) is 18.4 Å². The molecule has 3 rings (SSSR count). The van der Waals surface area contributed by atoms with E-state index >= 15 is 0 Å². The molecule has 1 aliphatic heterocycles. The van der Waals surface area contributed by atoms with Crippen molar-refractivity contribution >= 4 is 11.8 Å². The Morgan fingerprint density at radius 3 is 2.45 bits per heavy atom. The number of rotatable bonds is 2. The molecular weight excluding hydrogens is 278 g/mol. The van der Waals surface area contributed by atoms with Gasteiger partial charge in [0.25, 0.3) is 11.8 Å². The molecule has 2 aromatic carbocycles. The van der Waals surface area contributed by atoms with Gasteiger partial charge in [0.15, 0.2) is 6.10 Å². The molecule has 2 amide bonds. The molecule has 0 aromatic heterocycles. The highest BCUT2D eigenvalue weighted by Gasteiger charge is 2.33. The van der Waals surface area contributed by atoms with Crippen molar-refractivity contribution in [1.82, 2.24) is 4.90 Å². The number of para-hydroxylation sites is 1. The van der Waals surface area contributed by atoms with E-state index in [2.05, 4.69) is 0 Å². The molecule has 0 aliphatic carbocycles. The number of carbonyl (C=O) groups is 2. The maximum absolute atomic E-state index is 12.7. The van der Waals surface area contributed by atoms with Gasteiger partial charge in [-0.25, -0.2) is 0 Å². The average Bonchev–Trinajstić information content (AvgIpc) is 2.61. The Morgan fingerprint density at radius 2 is 1.73 bits per heavy atom. The molecule has 1 atom stereocenters. The third-order valence-corrected chi connectivity index (χ3v) is 3.74. The summed E-state index contributed by atoms with van der Waals surface area (Å²) in [6.07, 6.45) is -0.682. The Labute approximate surface area is 129 Å². The van der Waals surface area contributed by atoms with E-state index in [0.717, 1.165) is 11.1 Å². The van der Waals surface area contributed by atoms with E-state index in [4.69, 9.17) is 4.74 Å². The quantitative estimate of drug-likeness (QED) is 0.800. The minimum atomic E-state index is -0.682. The summed E-state index contributed by atoms with van der Waals surface area (Å²) < 4.78 is 5.61. The number of hydrogen-bond donors (Lipinski definition) is 0. The van der Waals surface area contributed by atoms with Gasteiger partial charge in [-0.15, -0.1) is 0 Å². The van der Waals surface area contributed by atoms with Gasteiger partial charge in [-0.1, -0.05) is 42.0 Å². The number of fused-ring (bicyclic) bond motifs is 1. The van der Waals surface area contributed by atoms with E-state index in [1.807, 2.05) is 31.2 Å². The number of carbonyl (C=O) groups excluding carboxylic acids is 2. The van der Waals surface area contributed by atoms with Crippen LogP contribution in [0, 0.1) is 6.92 Å². The van der Waals surface area contributed by atoms with Crippen LogP contribution in [-0.2, 0) is 11.3 Å². The lowest BCUT2D eigenvalue weighted by Crippen LogP contribution is -2.41.